The minimum atomic E-state index is -1.17. The van der Waals surface area contributed by atoms with Crippen molar-refractivity contribution in [3.05, 3.63) is 46.0 Å². The maximum absolute atomic E-state index is 13.1. The molecule has 1 aromatic heterocycles. The maximum atomic E-state index is 13.1. The Hall–Kier alpha value is -2.17. The summed E-state index contributed by atoms with van der Waals surface area (Å²) in [4.78, 5) is 22.9. The van der Waals surface area contributed by atoms with Crippen molar-refractivity contribution in [2.75, 3.05) is 0 Å². The number of aromatic carboxylic acids is 1. The fourth-order valence-corrected chi connectivity index (χ4v) is 2.04. The molecular weight excluding hydrogens is 237 g/mol. The van der Waals surface area contributed by atoms with Crippen LogP contribution in [0.15, 0.2) is 29.1 Å². The number of hydrogen-bond acceptors (Lipinski definition) is 2. The van der Waals surface area contributed by atoms with E-state index in [1.54, 1.807) is 13.8 Å². The van der Waals surface area contributed by atoms with Gasteiger partial charge >= 0.3 is 5.97 Å². The van der Waals surface area contributed by atoms with Crippen molar-refractivity contribution in [1.29, 1.82) is 0 Å². The van der Waals surface area contributed by atoms with Crippen LogP contribution < -0.4 is 5.43 Å². The molecule has 4 nitrogen and oxygen atoms in total. The fourth-order valence-electron chi connectivity index (χ4n) is 2.04. The molecule has 2 rings (SSSR count). The highest BCUT2D eigenvalue weighted by molar-refractivity contribution is 5.90. The van der Waals surface area contributed by atoms with Crippen molar-refractivity contribution in [1.82, 2.24) is 4.57 Å². The van der Waals surface area contributed by atoms with Gasteiger partial charge in [0.05, 0.1) is 5.52 Å². The van der Waals surface area contributed by atoms with E-state index < -0.39 is 17.2 Å². The van der Waals surface area contributed by atoms with Gasteiger partial charge in [-0.1, -0.05) is 0 Å². The van der Waals surface area contributed by atoms with Gasteiger partial charge in [-0.15, -0.1) is 0 Å². The number of fused-ring (bicyclic) bond motifs is 1. The summed E-state index contributed by atoms with van der Waals surface area (Å²) in [6.07, 6.45) is 0. The number of rotatable bonds is 2. The number of carboxylic acid groups (broad SMARTS) is 1. The summed E-state index contributed by atoms with van der Waals surface area (Å²) in [5.74, 6) is -1.69. The standard InChI is InChI=1S/C13H12FNO3/c1-7(2)15-10-4-3-8(14)5-9(10)12(16)6-11(15)13(17)18/h3-7H,1-2H3,(H,17,18). The van der Waals surface area contributed by atoms with Crippen LogP contribution in [-0.2, 0) is 0 Å². The second-order valence-electron chi connectivity index (χ2n) is 4.32. The molecule has 0 spiro atoms. The van der Waals surface area contributed by atoms with Crippen molar-refractivity contribution in [3.63, 3.8) is 0 Å². The molecule has 0 fully saturated rings. The summed E-state index contributed by atoms with van der Waals surface area (Å²) in [7, 11) is 0. The number of halogens is 1. The first kappa shape index (κ1) is 12.3. The molecule has 0 aliphatic carbocycles. The molecule has 5 heteroatoms. The molecule has 0 amide bonds. The second-order valence-corrected chi connectivity index (χ2v) is 4.32. The summed E-state index contributed by atoms with van der Waals surface area (Å²) in [6.45, 7) is 3.61. The number of carboxylic acids is 1. The number of hydrogen-bond donors (Lipinski definition) is 1. The largest absolute Gasteiger partial charge is 0.477 e. The van der Waals surface area contributed by atoms with Crippen LogP contribution in [0.5, 0.6) is 0 Å². The van der Waals surface area contributed by atoms with Crippen LogP contribution in [-0.4, -0.2) is 15.6 Å². The van der Waals surface area contributed by atoms with Gasteiger partial charge in [0.2, 0.25) is 0 Å². The predicted octanol–water partition coefficient (Wildman–Crippen LogP) is 2.42. The number of nitrogens with zero attached hydrogens (tertiary/aromatic N) is 1. The number of aromatic nitrogens is 1. The molecule has 0 saturated carbocycles. The van der Waals surface area contributed by atoms with E-state index >= 15 is 0 Å². The highest BCUT2D eigenvalue weighted by Gasteiger charge is 2.16. The second kappa shape index (κ2) is 4.25. The molecule has 1 aromatic carbocycles. The van der Waals surface area contributed by atoms with Gasteiger partial charge in [0.25, 0.3) is 0 Å². The molecule has 0 atom stereocenters. The Kier molecular flexibility index (Phi) is 2.90. The monoisotopic (exact) mass is 249 g/mol. The van der Waals surface area contributed by atoms with E-state index in [-0.39, 0.29) is 17.1 Å². The average molecular weight is 249 g/mol. The van der Waals surface area contributed by atoms with E-state index in [0.29, 0.717) is 5.52 Å². The summed E-state index contributed by atoms with van der Waals surface area (Å²) in [5.41, 5.74) is -0.149. The van der Waals surface area contributed by atoms with E-state index in [0.717, 1.165) is 12.1 Å². The van der Waals surface area contributed by atoms with Crippen LogP contribution >= 0.6 is 0 Å². The smallest absolute Gasteiger partial charge is 0.352 e. The van der Waals surface area contributed by atoms with Crippen molar-refractivity contribution in [3.8, 4) is 0 Å². The molecular formula is C13H12FNO3. The van der Waals surface area contributed by atoms with Gasteiger partial charge in [-0.25, -0.2) is 9.18 Å². The number of carbonyl (C=O) groups is 1. The molecule has 0 aliphatic rings. The highest BCUT2D eigenvalue weighted by atomic mass is 19.1. The van der Waals surface area contributed by atoms with Crippen molar-refractivity contribution in [2.45, 2.75) is 19.9 Å². The van der Waals surface area contributed by atoms with Crippen molar-refractivity contribution < 1.29 is 14.3 Å². The molecule has 1 heterocycles. The molecule has 0 saturated heterocycles. The van der Waals surface area contributed by atoms with Gasteiger partial charge in [0, 0.05) is 17.5 Å². The van der Waals surface area contributed by atoms with Crippen LogP contribution in [0, 0.1) is 5.82 Å². The SMILES string of the molecule is CC(C)n1c(C(=O)O)cc(=O)c2cc(F)ccc21. The van der Waals surface area contributed by atoms with E-state index in [4.69, 9.17) is 5.11 Å². The fraction of sp³-hybridized carbons (Fsp3) is 0.231. The number of pyridine rings is 1. The quantitative estimate of drug-likeness (QED) is 0.889. The molecule has 0 radical (unpaired) electrons. The third-order valence-corrected chi connectivity index (χ3v) is 2.75. The van der Waals surface area contributed by atoms with Gasteiger partial charge in [-0.3, -0.25) is 4.79 Å². The van der Waals surface area contributed by atoms with Crippen LogP contribution in [0.4, 0.5) is 4.39 Å². The summed E-state index contributed by atoms with van der Waals surface area (Å²) in [6, 6.07) is 4.65. The predicted molar refractivity (Wildman–Crippen MR) is 65.5 cm³/mol. The third-order valence-electron chi connectivity index (χ3n) is 2.75. The zero-order valence-electron chi connectivity index (χ0n) is 9.98. The lowest BCUT2D eigenvalue weighted by atomic mass is 10.1. The Bertz CT molecular complexity index is 688. The summed E-state index contributed by atoms with van der Waals surface area (Å²) in [5, 5.41) is 9.31. The lowest BCUT2D eigenvalue weighted by molar-refractivity contribution is 0.0683. The Balaban J connectivity index is 2.99. The third kappa shape index (κ3) is 1.88. The lowest BCUT2D eigenvalue weighted by Crippen LogP contribution is -2.19. The Morgan fingerprint density at radius 3 is 2.56 bits per heavy atom. The molecule has 0 unspecified atom stereocenters. The first-order valence-electron chi connectivity index (χ1n) is 5.50. The molecule has 94 valence electrons. The lowest BCUT2D eigenvalue weighted by Gasteiger charge is -2.17. The molecule has 0 bridgehead atoms. The van der Waals surface area contributed by atoms with Crippen LogP contribution in [0.25, 0.3) is 10.9 Å². The Labute approximate surface area is 102 Å². The molecule has 18 heavy (non-hydrogen) atoms. The molecule has 2 aromatic rings. The van der Waals surface area contributed by atoms with Crippen molar-refractivity contribution in [2.24, 2.45) is 0 Å². The first-order chi connectivity index (χ1) is 8.41. The molecule has 0 aliphatic heterocycles. The zero-order valence-corrected chi connectivity index (χ0v) is 9.98. The minimum Gasteiger partial charge on any atom is -0.477 e. The van der Waals surface area contributed by atoms with E-state index in [2.05, 4.69) is 0 Å². The van der Waals surface area contributed by atoms with Gasteiger partial charge in [0.1, 0.15) is 11.5 Å². The van der Waals surface area contributed by atoms with Gasteiger partial charge in [-0.2, -0.15) is 0 Å². The molecule has 1 N–H and O–H groups in total. The van der Waals surface area contributed by atoms with E-state index in [1.807, 2.05) is 0 Å². The zero-order chi connectivity index (χ0) is 13.4. The minimum absolute atomic E-state index is 0.0888. The van der Waals surface area contributed by atoms with E-state index in [1.165, 1.54) is 16.7 Å². The Morgan fingerprint density at radius 2 is 2.00 bits per heavy atom. The van der Waals surface area contributed by atoms with Gasteiger partial charge < -0.3 is 9.67 Å². The summed E-state index contributed by atoms with van der Waals surface area (Å²) >= 11 is 0. The number of benzene rings is 1. The van der Waals surface area contributed by atoms with Crippen molar-refractivity contribution >= 4 is 16.9 Å². The van der Waals surface area contributed by atoms with Crippen LogP contribution in [0.1, 0.15) is 30.4 Å². The highest BCUT2D eigenvalue weighted by Crippen LogP contribution is 2.19. The van der Waals surface area contributed by atoms with Crippen LogP contribution in [0.3, 0.4) is 0 Å². The normalized spacial score (nSPS) is 11.1. The summed E-state index contributed by atoms with van der Waals surface area (Å²) < 4.78 is 14.7. The van der Waals surface area contributed by atoms with Gasteiger partial charge in [0.15, 0.2) is 5.43 Å². The first-order valence-corrected chi connectivity index (χ1v) is 5.50. The van der Waals surface area contributed by atoms with E-state index in [9.17, 15) is 14.0 Å². The van der Waals surface area contributed by atoms with Crippen LogP contribution in [0.2, 0.25) is 0 Å². The van der Waals surface area contributed by atoms with Gasteiger partial charge in [-0.05, 0) is 32.0 Å². The topological polar surface area (TPSA) is 59.3 Å². The average Bonchev–Trinajstić information content (AvgIpc) is 2.28. The Morgan fingerprint density at radius 1 is 1.33 bits per heavy atom. The maximum Gasteiger partial charge on any atom is 0.352 e.